The summed E-state index contributed by atoms with van der Waals surface area (Å²) in [7, 11) is -3.07. The van der Waals surface area contributed by atoms with Gasteiger partial charge in [-0.3, -0.25) is 9.59 Å². The Labute approximate surface area is 149 Å². The van der Waals surface area contributed by atoms with Crippen LogP contribution in [0.1, 0.15) is 31.4 Å². The maximum absolute atomic E-state index is 12.8. The van der Waals surface area contributed by atoms with Gasteiger partial charge in [0.25, 0.3) is 0 Å². The SMILES string of the molecule is CCN(C(=O)CN(C(C)=O)c1ccc(C)cc1C)C1CCS(=O)(=O)C1. The first-order valence-corrected chi connectivity index (χ1v) is 10.3. The summed E-state index contributed by atoms with van der Waals surface area (Å²) in [6.45, 7) is 7.49. The lowest BCUT2D eigenvalue weighted by atomic mass is 10.1. The van der Waals surface area contributed by atoms with E-state index in [1.165, 1.54) is 11.8 Å². The zero-order chi connectivity index (χ0) is 18.8. The molecule has 2 rings (SSSR count). The molecule has 25 heavy (non-hydrogen) atoms. The molecule has 1 unspecified atom stereocenters. The second-order valence-electron chi connectivity index (χ2n) is 6.63. The quantitative estimate of drug-likeness (QED) is 0.795. The van der Waals surface area contributed by atoms with Crippen molar-refractivity contribution < 1.29 is 18.0 Å². The van der Waals surface area contributed by atoms with Gasteiger partial charge in [-0.1, -0.05) is 17.7 Å². The van der Waals surface area contributed by atoms with Gasteiger partial charge in [-0.25, -0.2) is 8.42 Å². The van der Waals surface area contributed by atoms with Crippen LogP contribution in [0.15, 0.2) is 18.2 Å². The molecule has 0 spiro atoms. The molecule has 0 radical (unpaired) electrons. The normalized spacial score (nSPS) is 18.8. The highest BCUT2D eigenvalue weighted by Crippen LogP contribution is 2.23. The smallest absolute Gasteiger partial charge is 0.242 e. The van der Waals surface area contributed by atoms with Crippen LogP contribution in [0.25, 0.3) is 0 Å². The Balaban J connectivity index is 2.20. The van der Waals surface area contributed by atoms with E-state index in [-0.39, 0.29) is 35.9 Å². The first-order valence-electron chi connectivity index (χ1n) is 8.50. The molecule has 7 heteroatoms. The fourth-order valence-corrected chi connectivity index (χ4v) is 5.09. The van der Waals surface area contributed by atoms with E-state index in [4.69, 9.17) is 0 Å². The number of amides is 2. The molecule has 2 amide bonds. The van der Waals surface area contributed by atoms with E-state index in [0.29, 0.717) is 18.7 Å². The molecule has 138 valence electrons. The molecule has 1 saturated heterocycles. The fourth-order valence-electron chi connectivity index (χ4n) is 3.36. The molecule has 0 saturated carbocycles. The van der Waals surface area contributed by atoms with Crippen LogP contribution in [-0.4, -0.2) is 55.8 Å². The summed E-state index contributed by atoms with van der Waals surface area (Å²) in [5.74, 6) is -0.305. The van der Waals surface area contributed by atoms with Gasteiger partial charge >= 0.3 is 0 Å². The Kier molecular flexibility index (Phi) is 5.87. The standard InChI is InChI=1S/C18H26N2O4S/c1-5-19(16-8-9-25(23,24)12-16)18(22)11-20(15(4)21)17-7-6-13(2)10-14(17)3/h6-7,10,16H,5,8-9,11-12H2,1-4H3. The average molecular weight is 366 g/mol. The van der Waals surface area contributed by atoms with Gasteiger partial charge in [-0.15, -0.1) is 0 Å². The van der Waals surface area contributed by atoms with Crippen molar-refractivity contribution in [2.45, 2.75) is 40.2 Å². The molecule has 0 aliphatic carbocycles. The molecule has 0 aromatic heterocycles. The van der Waals surface area contributed by atoms with E-state index in [9.17, 15) is 18.0 Å². The second kappa shape index (κ2) is 7.56. The topological polar surface area (TPSA) is 74.8 Å². The van der Waals surface area contributed by atoms with Crippen molar-refractivity contribution in [3.05, 3.63) is 29.3 Å². The van der Waals surface area contributed by atoms with E-state index in [2.05, 4.69) is 0 Å². The van der Waals surface area contributed by atoms with Crippen LogP contribution in [0, 0.1) is 13.8 Å². The molecule has 1 atom stereocenters. The van der Waals surface area contributed by atoms with Gasteiger partial charge in [0.05, 0.1) is 11.5 Å². The zero-order valence-electron chi connectivity index (χ0n) is 15.3. The van der Waals surface area contributed by atoms with Crippen molar-refractivity contribution in [3.8, 4) is 0 Å². The first-order chi connectivity index (χ1) is 11.6. The van der Waals surface area contributed by atoms with Crippen molar-refractivity contribution in [3.63, 3.8) is 0 Å². The van der Waals surface area contributed by atoms with Gasteiger partial charge in [0, 0.05) is 25.2 Å². The van der Waals surface area contributed by atoms with Crippen molar-refractivity contribution >= 4 is 27.3 Å². The molecule has 0 bridgehead atoms. The fraction of sp³-hybridized carbons (Fsp3) is 0.556. The highest BCUT2D eigenvalue weighted by atomic mass is 32.2. The van der Waals surface area contributed by atoms with E-state index >= 15 is 0 Å². The minimum Gasteiger partial charge on any atom is -0.337 e. The number of hydrogen-bond donors (Lipinski definition) is 0. The van der Waals surface area contributed by atoms with Crippen LogP contribution in [0.3, 0.4) is 0 Å². The van der Waals surface area contributed by atoms with Crippen molar-refractivity contribution in [1.29, 1.82) is 0 Å². The van der Waals surface area contributed by atoms with E-state index < -0.39 is 9.84 Å². The Hall–Kier alpha value is -1.89. The van der Waals surface area contributed by atoms with Gasteiger partial charge in [-0.05, 0) is 38.8 Å². The molecule has 0 N–H and O–H groups in total. The molecule has 1 aliphatic heterocycles. The van der Waals surface area contributed by atoms with Crippen LogP contribution in [0.4, 0.5) is 5.69 Å². The highest BCUT2D eigenvalue weighted by molar-refractivity contribution is 7.91. The Morgan fingerprint density at radius 2 is 1.92 bits per heavy atom. The number of anilines is 1. The summed E-state index contributed by atoms with van der Waals surface area (Å²) in [4.78, 5) is 27.9. The van der Waals surface area contributed by atoms with E-state index in [1.54, 1.807) is 4.90 Å². The number of hydrogen-bond acceptors (Lipinski definition) is 4. The molecule has 1 aromatic rings. The number of aryl methyl sites for hydroxylation is 2. The third-order valence-electron chi connectivity index (χ3n) is 4.63. The number of nitrogens with zero attached hydrogens (tertiary/aromatic N) is 2. The van der Waals surface area contributed by atoms with Crippen molar-refractivity contribution in [1.82, 2.24) is 4.90 Å². The van der Waals surface area contributed by atoms with Gasteiger partial charge < -0.3 is 9.80 Å². The molecule has 1 aliphatic rings. The summed E-state index contributed by atoms with van der Waals surface area (Å²) >= 11 is 0. The number of rotatable bonds is 5. The molecular formula is C18H26N2O4S. The summed E-state index contributed by atoms with van der Waals surface area (Å²) < 4.78 is 23.4. The van der Waals surface area contributed by atoms with Gasteiger partial charge in [0.2, 0.25) is 11.8 Å². The van der Waals surface area contributed by atoms with Gasteiger partial charge in [0.1, 0.15) is 6.54 Å². The Bertz CT molecular complexity index is 773. The van der Waals surface area contributed by atoms with Crippen LogP contribution in [0.2, 0.25) is 0 Å². The van der Waals surface area contributed by atoms with Crippen LogP contribution in [0.5, 0.6) is 0 Å². The molecule has 1 aromatic carbocycles. The predicted octanol–water partition coefficient (Wildman–Crippen LogP) is 1.69. The van der Waals surface area contributed by atoms with Crippen molar-refractivity contribution in [2.24, 2.45) is 0 Å². The monoisotopic (exact) mass is 366 g/mol. The molecule has 1 heterocycles. The summed E-state index contributed by atoms with van der Waals surface area (Å²) in [5, 5.41) is 0. The van der Waals surface area contributed by atoms with Crippen LogP contribution < -0.4 is 4.90 Å². The Morgan fingerprint density at radius 3 is 2.40 bits per heavy atom. The predicted molar refractivity (Wildman–Crippen MR) is 98.4 cm³/mol. The van der Waals surface area contributed by atoms with E-state index in [0.717, 1.165) is 11.1 Å². The number of likely N-dealkylation sites (N-methyl/N-ethyl adjacent to an activating group) is 1. The lowest BCUT2D eigenvalue weighted by Crippen LogP contribution is -2.47. The first kappa shape index (κ1) is 19.4. The molecule has 1 fully saturated rings. The second-order valence-corrected chi connectivity index (χ2v) is 8.86. The van der Waals surface area contributed by atoms with Crippen LogP contribution in [-0.2, 0) is 19.4 Å². The number of benzene rings is 1. The number of sulfone groups is 1. The third kappa shape index (κ3) is 4.60. The minimum atomic E-state index is -3.07. The summed E-state index contributed by atoms with van der Waals surface area (Å²) in [6, 6.07) is 5.42. The van der Waals surface area contributed by atoms with Crippen molar-refractivity contribution in [2.75, 3.05) is 29.5 Å². The third-order valence-corrected chi connectivity index (χ3v) is 6.38. The summed E-state index contributed by atoms with van der Waals surface area (Å²) in [6.07, 6.45) is 0.464. The maximum Gasteiger partial charge on any atom is 0.242 e. The largest absolute Gasteiger partial charge is 0.337 e. The summed E-state index contributed by atoms with van der Waals surface area (Å²) in [5.41, 5.74) is 2.72. The number of carbonyl (C=O) groups is 2. The maximum atomic E-state index is 12.8. The zero-order valence-corrected chi connectivity index (χ0v) is 16.1. The Morgan fingerprint density at radius 1 is 1.24 bits per heavy atom. The average Bonchev–Trinajstić information content (AvgIpc) is 2.86. The molecule has 6 nitrogen and oxygen atoms in total. The number of carbonyl (C=O) groups excluding carboxylic acids is 2. The van der Waals surface area contributed by atoms with Gasteiger partial charge in [-0.2, -0.15) is 0 Å². The van der Waals surface area contributed by atoms with Crippen LogP contribution >= 0.6 is 0 Å². The minimum absolute atomic E-state index is 0.0101. The van der Waals surface area contributed by atoms with E-state index in [1.807, 2.05) is 39.0 Å². The highest BCUT2D eigenvalue weighted by Gasteiger charge is 2.34. The lowest BCUT2D eigenvalue weighted by Gasteiger charge is -2.30. The lowest BCUT2D eigenvalue weighted by molar-refractivity contribution is -0.132. The molecular weight excluding hydrogens is 340 g/mol. The van der Waals surface area contributed by atoms with Gasteiger partial charge in [0.15, 0.2) is 9.84 Å².